The molecule has 0 saturated carbocycles. The van der Waals surface area contributed by atoms with Crippen molar-refractivity contribution < 1.29 is 4.39 Å². The molecule has 102 valence electrons. The molecule has 1 aromatic carbocycles. The van der Waals surface area contributed by atoms with Crippen molar-refractivity contribution in [3.8, 4) is 0 Å². The van der Waals surface area contributed by atoms with Gasteiger partial charge < -0.3 is 10.2 Å². The Labute approximate surface area is 118 Å². The van der Waals surface area contributed by atoms with E-state index >= 15 is 0 Å². The fraction of sp³-hybridized carbons (Fsp3) is 0.357. The predicted molar refractivity (Wildman–Crippen MR) is 78.6 cm³/mol. The van der Waals surface area contributed by atoms with Gasteiger partial charge in [0.1, 0.15) is 5.82 Å². The summed E-state index contributed by atoms with van der Waals surface area (Å²) in [5, 5.41) is 4.34. The number of hydrogen-bond donors (Lipinski definition) is 1. The van der Waals surface area contributed by atoms with Crippen LogP contribution in [0.1, 0.15) is 6.42 Å². The largest absolute Gasteiger partial charge is 0.370 e. The second-order valence-electron chi connectivity index (χ2n) is 4.75. The Morgan fingerprint density at radius 3 is 3.00 bits per heavy atom. The van der Waals surface area contributed by atoms with Crippen LogP contribution in [0.2, 0.25) is 0 Å². The van der Waals surface area contributed by atoms with Crippen LogP contribution in [0, 0.1) is 5.82 Å². The van der Waals surface area contributed by atoms with Crippen molar-refractivity contribution in [2.24, 2.45) is 0 Å². The lowest BCUT2D eigenvalue weighted by atomic mass is 10.1. The molecule has 5 heteroatoms. The summed E-state index contributed by atoms with van der Waals surface area (Å²) in [6.45, 7) is 1.98. The van der Waals surface area contributed by atoms with Crippen molar-refractivity contribution in [1.82, 2.24) is 10.3 Å². The van der Waals surface area contributed by atoms with E-state index in [1.165, 1.54) is 6.07 Å². The van der Waals surface area contributed by atoms with Gasteiger partial charge in [-0.25, -0.2) is 4.39 Å². The van der Waals surface area contributed by atoms with Gasteiger partial charge in [0.05, 0.1) is 5.52 Å². The smallest absolute Gasteiger partial charge is 0.127 e. The van der Waals surface area contributed by atoms with Crippen LogP contribution in [-0.2, 0) is 0 Å². The van der Waals surface area contributed by atoms with Crippen molar-refractivity contribution >= 4 is 29.0 Å². The molecule has 2 aromatic rings. The zero-order valence-corrected chi connectivity index (χ0v) is 11.6. The third kappa shape index (κ3) is 2.65. The molecule has 0 spiro atoms. The molecule has 19 heavy (non-hydrogen) atoms. The number of aromatic nitrogens is 1. The minimum absolute atomic E-state index is 0. The summed E-state index contributed by atoms with van der Waals surface area (Å²) < 4.78 is 13.7. The highest BCUT2D eigenvalue weighted by Crippen LogP contribution is 2.28. The van der Waals surface area contributed by atoms with Gasteiger partial charge in [0.2, 0.25) is 0 Å². The third-order valence-electron chi connectivity index (χ3n) is 3.63. The molecule has 0 radical (unpaired) electrons. The van der Waals surface area contributed by atoms with E-state index in [2.05, 4.69) is 15.2 Å². The van der Waals surface area contributed by atoms with E-state index < -0.39 is 0 Å². The fourth-order valence-corrected chi connectivity index (χ4v) is 2.59. The van der Waals surface area contributed by atoms with E-state index in [0.717, 1.165) is 30.6 Å². The Bertz CT molecular complexity index is 570. The Morgan fingerprint density at radius 1 is 1.42 bits per heavy atom. The molecule has 0 amide bonds. The standard InChI is InChI=1S/C14H16FN3.ClH/c1-18(11-4-6-16-9-11)14-8-10(15)7-13-12(14)3-2-5-17-13;/h2-3,5,7-8,11,16H,4,6,9H2,1H3;1H. The Hall–Kier alpha value is -1.39. The lowest BCUT2D eigenvalue weighted by Gasteiger charge is -2.27. The molecule has 1 fully saturated rings. The minimum atomic E-state index is -0.228. The molecule has 0 aliphatic carbocycles. The Morgan fingerprint density at radius 2 is 2.26 bits per heavy atom. The summed E-state index contributed by atoms with van der Waals surface area (Å²) in [7, 11) is 2.03. The first kappa shape index (κ1) is 14.0. The highest BCUT2D eigenvalue weighted by molar-refractivity contribution is 5.91. The highest BCUT2D eigenvalue weighted by Gasteiger charge is 2.21. The average Bonchev–Trinajstić information content (AvgIpc) is 2.90. The fourth-order valence-electron chi connectivity index (χ4n) is 2.59. The molecule has 3 rings (SSSR count). The van der Waals surface area contributed by atoms with E-state index in [-0.39, 0.29) is 18.2 Å². The predicted octanol–water partition coefficient (Wildman–Crippen LogP) is 2.59. The second-order valence-corrected chi connectivity index (χ2v) is 4.75. The summed E-state index contributed by atoms with van der Waals surface area (Å²) in [5.74, 6) is -0.228. The van der Waals surface area contributed by atoms with Crippen molar-refractivity contribution in [3.63, 3.8) is 0 Å². The molecule has 1 aliphatic rings. The molecule has 1 unspecified atom stereocenters. The number of hydrogen-bond acceptors (Lipinski definition) is 3. The van der Waals surface area contributed by atoms with E-state index in [1.54, 1.807) is 12.3 Å². The minimum Gasteiger partial charge on any atom is -0.370 e. The Balaban J connectivity index is 0.00000133. The van der Waals surface area contributed by atoms with E-state index in [1.807, 2.05) is 19.2 Å². The maximum Gasteiger partial charge on any atom is 0.127 e. The molecule has 3 nitrogen and oxygen atoms in total. The maximum absolute atomic E-state index is 13.7. The van der Waals surface area contributed by atoms with Gasteiger partial charge in [-0.1, -0.05) is 0 Å². The molecule has 1 saturated heterocycles. The molecule has 2 heterocycles. The first-order valence-corrected chi connectivity index (χ1v) is 6.23. The van der Waals surface area contributed by atoms with Crippen molar-refractivity contribution in [2.45, 2.75) is 12.5 Å². The zero-order valence-electron chi connectivity index (χ0n) is 10.8. The molecule has 1 aliphatic heterocycles. The monoisotopic (exact) mass is 281 g/mol. The highest BCUT2D eigenvalue weighted by atomic mass is 35.5. The molecule has 0 bridgehead atoms. The molecule has 1 atom stereocenters. The van der Waals surface area contributed by atoms with Crippen molar-refractivity contribution in [3.05, 3.63) is 36.3 Å². The number of benzene rings is 1. The van der Waals surface area contributed by atoms with Gasteiger partial charge >= 0.3 is 0 Å². The van der Waals surface area contributed by atoms with E-state index in [4.69, 9.17) is 0 Å². The normalized spacial score (nSPS) is 18.3. The third-order valence-corrected chi connectivity index (χ3v) is 3.63. The molecule has 1 aromatic heterocycles. The van der Waals surface area contributed by atoms with E-state index in [0.29, 0.717) is 11.6 Å². The van der Waals surface area contributed by atoms with Crippen LogP contribution in [0.3, 0.4) is 0 Å². The first-order chi connectivity index (χ1) is 8.75. The van der Waals surface area contributed by atoms with Gasteiger partial charge in [-0.2, -0.15) is 0 Å². The van der Waals surface area contributed by atoms with Crippen molar-refractivity contribution in [2.75, 3.05) is 25.0 Å². The summed E-state index contributed by atoms with van der Waals surface area (Å²) in [5.41, 5.74) is 1.64. The zero-order chi connectivity index (χ0) is 12.5. The molecular weight excluding hydrogens is 265 g/mol. The van der Waals surface area contributed by atoms with Crippen LogP contribution < -0.4 is 10.2 Å². The first-order valence-electron chi connectivity index (χ1n) is 6.23. The second kappa shape index (κ2) is 5.72. The number of nitrogens with zero attached hydrogens (tertiary/aromatic N) is 2. The number of anilines is 1. The van der Waals surface area contributed by atoms with Gasteiger partial charge in [0.25, 0.3) is 0 Å². The number of halogens is 2. The summed E-state index contributed by atoms with van der Waals surface area (Å²) >= 11 is 0. The number of fused-ring (bicyclic) bond motifs is 1. The van der Waals surface area contributed by atoms with Crippen LogP contribution in [0.25, 0.3) is 10.9 Å². The number of nitrogens with one attached hydrogen (secondary N) is 1. The lowest BCUT2D eigenvalue weighted by Crippen LogP contribution is -2.33. The number of pyridine rings is 1. The lowest BCUT2D eigenvalue weighted by molar-refractivity contribution is 0.625. The van der Waals surface area contributed by atoms with Gasteiger partial charge in [-0.15, -0.1) is 12.4 Å². The quantitative estimate of drug-likeness (QED) is 0.917. The average molecular weight is 282 g/mol. The van der Waals surface area contributed by atoms with Crippen LogP contribution in [-0.4, -0.2) is 31.2 Å². The van der Waals surface area contributed by atoms with E-state index in [9.17, 15) is 4.39 Å². The maximum atomic E-state index is 13.7. The van der Waals surface area contributed by atoms with Gasteiger partial charge in [-0.05, 0) is 31.2 Å². The topological polar surface area (TPSA) is 28.2 Å². The number of rotatable bonds is 2. The van der Waals surface area contributed by atoms with Gasteiger partial charge in [0, 0.05) is 43.0 Å². The summed E-state index contributed by atoms with van der Waals surface area (Å²) in [4.78, 5) is 6.39. The Kier molecular flexibility index (Phi) is 4.22. The van der Waals surface area contributed by atoms with Gasteiger partial charge in [0.15, 0.2) is 0 Å². The van der Waals surface area contributed by atoms with Crippen LogP contribution >= 0.6 is 12.4 Å². The van der Waals surface area contributed by atoms with Gasteiger partial charge in [-0.3, -0.25) is 4.98 Å². The number of likely N-dealkylation sites (N-methyl/N-ethyl adjacent to an activating group) is 1. The van der Waals surface area contributed by atoms with Crippen LogP contribution in [0.15, 0.2) is 30.5 Å². The van der Waals surface area contributed by atoms with Crippen molar-refractivity contribution in [1.29, 1.82) is 0 Å². The SMILES string of the molecule is CN(c1cc(F)cc2ncccc12)C1CCNC1.Cl. The molecular formula is C14H17ClFN3. The van der Waals surface area contributed by atoms with Crippen LogP contribution in [0.4, 0.5) is 10.1 Å². The van der Waals surface area contributed by atoms with Crippen LogP contribution in [0.5, 0.6) is 0 Å². The summed E-state index contributed by atoms with van der Waals surface area (Å²) in [6.07, 6.45) is 2.79. The molecule has 1 N–H and O–H groups in total. The summed E-state index contributed by atoms with van der Waals surface area (Å²) in [6, 6.07) is 7.40.